The van der Waals surface area contributed by atoms with Crippen molar-refractivity contribution in [2.45, 2.75) is 6.54 Å². The van der Waals surface area contributed by atoms with E-state index in [2.05, 4.69) is 15.6 Å². The maximum absolute atomic E-state index is 5.80. The van der Waals surface area contributed by atoms with Crippen molar-refractivity contribution in [3.63, 3.8) is 0 Å². The summed E-state index contributed by atoms with van der Waals surface area (Å²) >= 11 is 0. The number of nitrogens with zero attached hydrogens (tertiary/aromatic N) is 1. The van der Waals surface area contributed by atoms with Gasteiger partial charge in [0.1, 0.15) is 11.5 Å². The van der Waals surface area contributed by atoms with Gasteiger partial charge in [-0.25, -0.2) is 0 Å². The molecule has 0 amide bonds. The van der Waals surface area contributed by atoms with Crippen LogP contribution >= 0.6 is 0 Å². The third kappa shape index (κ3) is 4.02. The van der Waals surface area contributed by atoms with Crippen molar-refractivity contribution in [2.75, 3.05) is 14.1 Å². The zero-order chi connectivity index (χ0) is 14.2. The maximum atomic E-state index is 5.80. The normalized spacial score (nSPS) is 11.0. The molecule has 0 unspecified atom stereocenters. The number of hydrogen-bond acceptors (Lipinski definition) is 2. The molecule has 0 fully saturated rings. The fourth-order valence-electron chi connectivity index (χ4n) is 1.81. The molecule has 0 spiro atoms. The quantitative estimate of drug-likeness (QED) is 0.662. The summed E-state index contributed by atoms with van der Waals surface area (Å²) in [5, 5.41) is 6.19. The molecule has 0 aliphatic heterocycles. The molecule has 0 heterocycles. The van der Waals surface area contributed by atoms with E-state index in [1.807, 2.05) is 61.6 Å². The van der Waals surface area contributed by atoms with Crippen LogP contribution in [0.2, 0.25) is 0 Å². The van der Waals surface area contributed by atoms with Crippen molar-refractivity contribution in [1.29, 1.82) is 0 Å². The van der Waals surface area contributed by atoms with Crippen molar-refractivity contribution in [1.82, 2.24) is 10.6 Å². The Hall–Kier alpha value is -2.49. The molecule has 2 N–H and O–H groups in total. The summed E-state index contributed by atoms with van der Waals surface area (Å²) in [7, 11) is 3.58. The summed E-state index contributed by atoms with van der Waals surface area (Å²) in [5.41, 5.74) is 1.13. The average molecular weight is 269 g/mol. The summed E-state index contributed by atoms with van der Waals surface area (Å²) in [6.07, 6.45) is 0. The van der Waals surface area contributed by atoms with Crippen LogP contribution in [0, 0.1) is 0 Å². The Morgan fingerprint density at radius 1 is 1.05 bits per heavy atom. The first-order valence-electron chi connectivity index (χ1n) is 6.52. The van der Waals surface area contributed by atoms with Gasteiger partial charge in [-0.3, -0.25) is 4.99 Å². The summed E-state index contributed by atoms with van der Waals surface area (Å²) in [4.78, 5) is 4.07. The standard InChI is InChI=1S/C16H19N3O/c1-17-16(18-2)19-12-13-7-6-10-15(11-13)20-14-8-4-3-5-9-14/h3-11H,12H2,1-2H3,(H2,17,18,19). The zero-order valence-electron chi connectivity index (χ0n) is 11.8. The topological polar surface area (TPSA) is 45.7 Å². The lowest BCUT2D eigenvalue weighted by Gasteiger charge is -2.10. The van der Waals surface area contributed by atoms with Gasteiger partial charge in [-0.2, -0.15) is 0 Å². The van der Waals surface area contributed by atoms with Crippen LogP contribution in [0.15, 0.2) is 59.6 Å². The van der Waals surface area contributed by atoms with Crippen molar-refractivity contribution < 1.29 is 4.74 Å². The summed E-state index contributed by atoms with van der Waals surface area (Å²) in [5.74, 6) is 2.43. The molecule has 2 aromatic rings. The zero-order valence-corrected chi connectivity index (χ0v) is 11.8. The van der Waals surface area contributed by atoms with Crippen LogP contribution in [0.1, 0.15) is 5.56 Å². The van der Waals surface area contributed by atoms with Gasteiger partial charge in [0, 0.05) is 20.6 Å². The molecule has 0 radical (unpaired) electrons. The second kappa shape index (κ2) is 7.19. The maximum Gasteiger partial charge on any atom is 0.190 e. The summed E-state index contributed by atoms with van der Waals surface area (Å²) < 4.78 is 5.80. The van der Waals surface area contributed by atoms with Crippen LogP contribution in [-0.2, 0) is 6.54 Å². The van der Waals surface area contributed by atoms with Gasteiger partial charge >= 0.3 is 0 Å². The highest BCUT2D eigenvalue weighted by atomic mass is 16.5. The minimum Gasteiger partial charge on any atom is -0.457 e. The number of hydrogen-bond donors (Lipinski definition) is 2. The van der Waals surface area contributed by atoms with Crippen LogP contribution in [0.5, 0.6) is 11.5 Å². The number of guanidine groups is 1. The van der Waals surface area contributed by atoms with Gasteiger partial charge in [-0.05, 0) is 29.8 Å². The van der Waals surface area contributed by atoms with Crippen LogP contribution in [-0.4, -0.2) is 20.1 Å². The largest absolute Gasteiger partial charge is 0.457 e. The minimum absolute atomic E-state index is 0.694. The Morgan fingerprint density at radius 3 is 2.50 bits per heavy atom. The highest BCUT2D eigenvalue weighted by Gasteiger charge is 2.00. The lowest BCUT2D eigenvalue weighted by molar-refractivity contribution is 0.482. The number of aliphatic imine (C=N–C) groups is 1. The van der Waals surface area contributed by atoms with Gasteiger partial charge in [0.25, 0.3) is 0 Å². The first-order chi connectivity index (χ1) is 9.81. The third-order valence-corrected chi connectivity index (χ3v) is 2.80. The van der Waals surface area contributed by atoms with Gasteiger partial charge < -0.3 is 15.4 Å². The van der Waals surface area contributed by atoms with Crippen molar-refractivity contribution in [2.24, 2.45) is 4.99 Å². The average Bonchev–Trinajstić information content (AvgIpc) is 2.50. The summed E-state index contributed by atoms with van der Waals surface area (Å²) in [6.45, 7) is 0.694. The molecule has 0 saturated heterocycles. The molecule has 20 heavy (non-hydrogen) atoms. The Morgan fingerprint density at radius 2 is 1.80 bits per heavy atom. The smallest absolute Gasteiger partial charge is 0.190 e. The second-order valence-corrected chi connectivity index (χ2v) is 4.24. The van der Waals surface area contributed by atoms with Gasteiger partial charge in [0.2, 0.25) is 0 Å². The number of nitrogens with one attached hydrogen (secondary N) is 2. The van der Waals surface area contributed by atoms with Crippen molar-refractivity contribution >= 4 is 5.96 Å². The molecular formula is C16H19N3O. The Labute approximate surface area is 119 Å². The van der Waals surface area contributed by atoms with E-state index in [0.29, 0.717) is 6.54 Å². The van der Waals surface area contributed by atoms with Gasteiger partial charge in [0.05, 0.1) is 0 Å². The van der Waals surface area contributed by atoms with E-state index in [1.165, 1.54) is 0 Å². The second-order valence-electron chi connectivity index (χ2n) is 4.24. The van der Waals surface area contributed by atoms with Gasteiger partial charge in [-0.15, -0.1) is 0 Å². The molecular weight excluding hydrogens is 250 g/mol. The van der Waals surface area contributed by atoms with Crippen molar-refractivity contribution in [3.8, 4) is 11.5 Å². The van der Waals surface area contributed by atoms with E-state index < -0.39 is 0 Å². The molecule has 0 atom stereocenters. The molecule has 0 saturated carbocycles. The van der Waals surface area contributed by atoms with Crippen LogP contribution < -0.4 is 15.4 Å². The number of para-hydroxylation sites is 1. The van der Waals surface area contributed by atoms with Crippen LogP contribution in [0.25, 0.3) is 0 Å². The molecule has 4 nitrogen and oxygen atoms in total. The molecule has 0 aromatic heterocycles. The molecule has 0 aliphatic rings. The molecule has 104 valence electrons. The third-order valence-electron chi connectivity index (χ3n) is 2.80. The Balaban J connectivity index is 2.01. The monoisotopic (exact) mass is 269 g/mol. The van der Waals surface area contributed by atoms with Gasteiger partial charge in [0.15, 0.2) is 5.96 Å². The van der Waals surface area contributed by atoms with E-state index in [0.717, 1.165) is 23.0 Å². The first-order valence-corrected chi connectivity index (χ1v) is 6.52. The molecule has 2 rings (SSSR count). The van der Waals surface area contributed by atoms with E-state index >= 15 is 0 Å². The van der Waals surface area contributed by atoms with Crippen molar-refractivity contribution in [3.05, 3.63) is 60.2 Å². The molecule has 0 bridgehead atoms. The lowest BCUT2D eigenvalue weighted by atomic mass is 10.2. The van der Waals surface area contributed by atoms with E-state index in [-0.39, 0.29) is 0 Å². The predicted octanol–water partition coefficient (Wildman–Crippen LogP) is 2.77. The Kier molecular flexibility index (Phi) is 5.00. The number of rotatable bonds is 4. The minimum atomic E-state index is 0.694. The highest BCUT2D eigenvalue weighted by Crippen LogP contribution is 2.21. The fraction of sp³-hybridized carbons (Fsp3) is 0.188. The Bertz CT molecular complexity index is 567. The number of benzene rings is 2. The van der Waals surface area contributed by atoms with Crippen LogP contribution in [0.4, 0.5) is 0 Å². The van der Waals surface area contributed by atoms with E-state index in [4.69, 9.17) is 4.74 Å². The SMILES string of the molecule is CN=C(NC)NCc1cccc(Oc2ccccc2)c1. The molecule has 0 aliphatic carbocycles. The summed E-state index contributed by atoms with van der Waals surface area (Å²) in [6, 6.07) is 17.8. The van der Waals surface area contributed by atoms with E-state index in [9.17, 15) is 0 Å². The molecule has 4 heteroatoms. The first kappa shape index (κ1) is 13.9. The molecule has 2 aromatic carbocycles. The predicted molar refractivity (Wildman–Crippen MR) is 82.2 cm³/mol. The highest BCUT2D eigenvalue weighted by molar-refractivity contribution is 5.79. The van der Waals surface area contributed by atoms with Crippen LogP contribution in [0.3, 0.4) is 0 Å². The van der Waals surface area contributed by atoms with E-state index in [1.54, 1.807) is 7.05 Å². The van der Waals surface area contributed by atoms with Gasteiger partial charge in [-0.1, -0.05) is 30.3 Å². The lowest BCUT2D eigenvalue weighted by Crippen LogP contribution is -2.34. The number of ether oxygens (including phenoxy) is 1. The fourth-order valence-corrected chi connectivity index (χ4v) is 1.81.